The van der Waals surface area contributed by atoms with E-state index in [1.807, 2.05) is 6.92 Å². The van der Waals surface area contributed by atoms with Crippen molar-refractivity contribution >= 4 is 21.6 Å². The van der Waals surface area contributed by atoms with Crippen LogP contribution in [-0.2, 0) is 14.8 Å². The molecule has 1 aromatic heterocycles. The minimum atomic E-state index is -3.62. The lowest BCUT2D eigenvalue weighted by atomic mass is 10.3. The summed E-state index contributed by atoms with van der Waals surface area (Å²) >= 11 is 5.77. The fourth-order valence-corrected chi connectivity index (χ4v) is 4.26. The average Bonchev–Trinajstić information content (AvgIpc) is 2.68. The Kier molecular flexibility index (Phi) is 4.20. The van der Waals surface area contributed by atoms with E-state index in [-0.39, 0.29) is 29.5 Å². The topological polar surface area (TPSA) is 72.6 Å². The van der Waals surface area contributed by atoms with Crippen molar-refractivity contribution < 1.29 is 17.7 Å². The highest BCUT2D eigenvalue weighted by Crippen LogP contribution is 2.26. The minimum absolute atomic E-state index is 0.148. The molecular weight excluding hydrogens is 292 g/mol. The second-order valence-electron chi connectivity index (χ2n) is 4.70. The third-order valence-corrected chi connectivity index (χ3v) is 5.45. The van der Waals surface area contributed by atoms with Crippen LogP contribution in [0.1, 0.15) is 18.4 Å². The van der Waals surface area contributed by atoms with Gasteiger partial charge in [0.05, 0.1) is 12.2 Å². The van der Waals surface area contributed by atoms with Crippen LogP contribution in [0.3, 0.4) is 0 Å². The van der Waals surface area contributed by atoms with Crippen LogP contribution in [0.15, 0.2) is 9.42 Å². The summed E-state index contributed by atoms with van der Waals surface area (Å²) in [6, 6.07) is 0. The number of aromatic nitrogens is 1. The zero-order valence-electron chi connectivity index (χ0n) is 11.1. The molecule has 1 aliphatic rings. The molecule has 0 radical (unpaired) electrons. The van der Waals surface area contributed by atoms with Gasteiger partial charge in [0.2, 0.25) is 10.0 Å². The van der Waals surface area contributed by atoms with Gasteiger partial charge >= 0.3 is 0 Å². The lowest BCUT2D eigenvalue weighted by molar-refractivity contribution is -0.0423. The number of ether oxygens (including phenoxy) is 1. The van der Waals surface area contributed by atoms with Gasteiger partial charge in [-0.3, -0.25) is 0 Å². The number of morpholine rings is 1. The number of sulfonamides is 1. The van der Waals surface area contributed by atoms with Gasteiger partial charge in [-0.1, -0.05) is 5.16 Å². The molecule has 0 N–H and O–H groups in total. The van der Waals surface area contributed by atoms with E-state index in [4.69, 9.17) is 20.9 Å². The zero-order valence-corrected chi connectivity index (χ0v) is 12.7. The minimum Gasteiger partial charge on any atom is -0.371 e. The van der Waals surface area contributed by atoms with Crippen molar-refractivity contribution in [3.63, 3.8) is 0 Å². The Bertz CT molecular complexity index is 538. The Morgan fingerprint density at radius 1 is 1.42 bits per heavy atom. The predicted molar refractivity (Wildman–Crippen MR) is 69.8 cm³/mol. The Hall–Kier alpha value is -0.630. The molecule has 1 aliphatic heterocycles. The lowest BCUT2D eigenvalue weighted by Crippen LogP contribution is -2.49. The molecule has 2 heterocycles. The van der Waals surface area contributed by atoms with Crippen molar-refractivity contribution in [2.45, 2.75) is 37.9 Å². The molecule has 0 bridgehead atoms. The van der Waals surface area contributed by atoms with E-state index >= 15 is 0 Å². The molecule has 2 rings (SSSR count). The van der Waals surface area contributed by atoms with Crippen molar-refractivity contribution in [3.05, 3.63) is 11.5 Å². The molecule has 0 aliphatic carbocycles. The van der Waals surface area contributed by atoms with Crippen molar-refractivity contribution in [1.82, 2.24) is 9.46 Å². The molecule has 1 saturated heterocycles. The standard InChI is InChI=1S/C11H17ClN2O4S/c1-7-5-14(6-10(4-12)17-7)19(15,16)11-8(2)13-18-9(11)3/h7,10H,4-6H2,1-3H3. The van der Waals surface area contributed by atoms with Crippen LogP contribution < -0.4 is 0 Å². The summed E-state index contributed by atoms with van der Waals surface area (Å²) in [5.41, 5.74) is 0.374. The number of aryl methyl sites for hydroxylation is 2. The molecule has 2 unspecified atom stereocenters. The Morgan fingerprint density at radius 3 is 2.63 bits per heavy atom. The summed E-state index contributed by atoms with van der Waals surface area (Å²) in [4.78, 5) is 0.148. The first kappa shape index (κ1) is 14.8. The van der Waals surface area contributed by atoms with E-state index in [2.05, 4.69) is 5.16 Å². The fourth-order valence-electron chi connectivity index (χ4n) is 2.26. The number of hydrogen-bond acceptors (Lipinski definition) is 5. The van der Waals surface area contributed by atoms with Gasteiger partial charge in [-0.25, -0.2) is 8.42 Å². The monoisotopic (exact) mass is 308 g/mol. The summed E-state index contributed by atoms with van der Waals surface area (Å²) in [5.74, 6) is 0.567. The number of alkyl halides is 1. The Labute approximate surface area is 117 Å². The quantitative estimate of drug-likeness (QED) is 0.787. The molecular formula is C11H17ClN2O4S. The maximum absolute atomic E-state index is 12.6. The smallest absolute Gasteiger partial charge is 0.248 e. The van der Waals surface area contributed by atoms with Crippen LogP contribution in [0.2, 0.25) is 0 Å². The third-order valence-electron chi connectivity index (χ3n) is 3.03. The van der Waals surface area contributed by atoms with Crippen LogP contribution in [0.4, 0.5) is 0 Å². The van der Waals surface area contributed by atoms with Crippen LogP contribution in [0, 0.1) is 13.8 Å². The maximum atomic E-state index is 12.6. The zero-order chi connectivity index (χ0) is 14.2. The molecule has 1 fully saturated rings. The van der Waals surface area contributed by atoms with Gasteiger partial charge in [-0.2, -0.15) is 4.31 Å². The largest absolute Gasteiger partial charge is 0.371 e. The normalized spacial score (nSPS) is 25.7. The van der Waals surface area contributed by atoms with Crippen LogP contribution in [-0.4, -0.2) is 49.1 Å². The lowest BCUT2D eigenvalue weighted by Gasteiger charge is -2.35. The Balaban J connectivity index is 2.34. The summed E-state index contributed by atoms with van der Waals surface area (Å²) < 4.78 is 37.1. The van der Waals surface area contributed by atoms with E-state index in [0.717, 1.165) is 0 Å². The van der Waals surface area contributed by atoms with E-state index in [1.54, 1.807) is 13.8 Å². The van der Waals surface area contributed by atoms with E-state index in [1.165, 1.54) is 4.31 Å². The first-order valence-electron chi connectivity index (χ1n) is 6.00. The predicted octanol–water partition coefficient (Wildman–Crippen LogP) is 1.31. The first-order valence-corrected chi connectivity index (χ1v) is 7.98. The average molecular weight is 309 g/mol. The van der Waals surface area contributed by atoms with E-state index in [0.29, 0.717) is 18.0 Å². The highest BCUT2D eigenvalue weighted by molar-refractivity contribution is 7.89. The van der Waals surface area contributed by atoms with Crippen molar-refractivity contribution in [3.8, 4) is 0 Å². The molecule has 6 nitrogen and oxygen atoms in total. The molecule has 0 spiro atoms. The van der Waals surface area contributed by atoms with Gasteiger partial charge in [-0.05, 0) is 20.8 Å². The van der Waals surface area contributed by atoms with Gasteiger partial charge < -0.3 is 9.26 Å². The van der Waals surface area contributed by atoms with E-state index in [9.17, 15) is 8.42 Å². The van der Waals surface area contributed by atoms with Crippen molar-refractivity contribution in [1.29, 1.82) is 0 Å². The van der Waals surface area contributed by atoms with Gasteiger partial charge in [0.1, 0.15) is 10.6 Å². The number of nitrogens with zero attached hydrogens (tertiary/aromatic N) is 2. The highest BCUT2D eigenvalue weighted by atomic mass is 35.5. The van der Waals surface area contributed by atoms with Crippen molar-refractivity contribution in [2.24, 2.45) is 0 Å². The third kappa shape index (κ3) is 2.79. The molecule has 19 heavy (non-hydrogen) atoms. The second-order valence-corrected chi connectivity index (χ2v) is 6.88. The number of hydrogen-bond donors (Lipinski definition) is 0. The maximum Gasteiger partial charge on any atom is 0.248 e. The first-order chi connectivity index (χ1) is 8.86. The number of halogens is 1. The van der Waals surface area contributed by atoms with E-state index < -0.39 is 10.0 Å². The summed E-state index contributed by atoms with van der Waals surface area (Å²) in [7, 11) is -3.62. The molecule has 1 aromatic rings. The fraction of sp³-hybridized carbons (Fsp3) is 0.727. The highest BCUT2D eigenvalue weighted by Gasteiger charge is 2.36. The second kappa shape index (κ2) is 5.40. The molecule has 0 aromatic carbocycles. The summed E-state index contributed by atoms with van der Waals surface area (Å²) in [6.07, 6.45) is -0.478. The summed E-state index contributed by atoms with van der Waals surface area (Å²) in [5, 5.41) is 3.70. The molecule has 2 atom stereocenters. The SMILES string of the molecule is Cc1noc(C)c1S(=O)(=O)N1CC(C)OC(CCl)C1. The molecule has 0 amide bonds. The van der Waals surface area contributed by atoms with Crippen LogP contribution in [0.5, 0.6) is 0 Å². The summed E-state index contributed by atoms with van der Waals surface area (Å²) in [6.45, 7) is 5.59. The van der Waals surface area contributed by atoms with Crippen LogP contribution >= 0.6 is 11.6 Å². The van der Waals surface area contributed by atoms with Gasteiger partial charge in [0, 0.05) is 19.0 Å². The molecule has 8 heteroatoms. The molecule has 108 valence electrons. The van der Waals surface area contributed by atoms with Crippen LogP contribution in [0.25, 0.3) is 0 Å². The van der Waals surface area contributed by atoms with Gasteiger partial charge in [-0.15, -0.1) is 11.6 Å². The Morgan fingerprint density at radius 2 is 2.11 bits per heavy atom. The van der Waals surface area contributed by atoms with Gasteiger partial charge in [0.15, 0.2) is 5.76 Å². The van der Waals surface area contributed by atoms with Gasteiger partial charge in [0.25, 0.3) is 0 Å². The van der Waals surface area contributed by atoms with Crippen molar-refractivity contribution in [2.75, 3.05) is 19.0 Å². The molecule has 0 saturated carbocycles. The number of rotatable bonds is 3.